The molecule has 0 aromatic rings. The molecule has 1 nitrogen and oxygen atoms in total. The van der Waals surface area contributed by atoms with Crippen molar-refractivity contribution >= 4 is 40.2 Å². The lowest BCUT2D eigenvalue weighted by Gasteiger charge is -2.18. The van der Waals surface area contributed by atoms with Crippen LogP contribution in [0.3, 0.4) is 0 Å². The van der Waals surface area contributed by atoms with E-state index in [-0.39, 0.29) is 0 Å². The summed E-state index contributed by atoms with van der Waals surface area (Å²) in [4.78, 5) is 0. The van der Waals surface area contributed by atoms with Crippen LogP contribution in [0.15, 0.2) is 0 Å². The van der Waals surface area contributed by atoms with Crippen molar-refractivity contribution in [2.75, 3.05) is 19.7 Å². The molecular formula is C3H8Cl2NPS. The Balaban J connectivity index is 3.93. The lowest BCUT2D eigenvalue weighted by Crippen LogP contribution is -2.03. The Labute approximate surface area is 64.8 Å². The zero-order chi connectivity index (χ0) is 6.78. The summed E-state index contributed by atoms with van der Waals surface area (Å²) >= 11 is 16.2. The van der Waals surface area contributed by atoms with E-state index in [2.05, 4.69) is 0 Å². The Kier molecular flexibility index (Phi) is 3.88. The van der Waals surface area contributed by atoms with Crippen LogP contribution in [-0.4, -0.2) is 24.4 Å². The van der Waals surface area contributed by atoms with Gasteiger partial charge in [-0.2, -0.15) is 0 Å². The molecule has 0 bridgehead atoms. The predicted molar refractivity (Wildman–Crippen MR) is 44.5 cm³/mol. The third-order valence-corrected chi connectivity index (χ3v) is 6.70. The minimum Gasteiger partial charge on any atom is -0.269 e. The quantitative estimate of drug-likeness (QED) is 0.487. The molecule has 0 fully saturated rings. The molecular weight excluding hydrogens is 184 g/mol. The number of nitrogens with zero attached hydrogens (tertiary/aromatic N) is 1. The summed E-state index contributed by atoms with van der Waals surface area (Å²) in [6, 6.07) is 0. The van der Waals surface area contributed by atoms with E-state index in [1.54, 1.807) is 4.67 Å². The number of halogens is 2. The lowest BCUT2D eigenvalue weighted by atomic mass is 11.3. The summed E-state index contributed by atoms with van der Waals surface area (Å²) < 4.78 is 1.80. The highest BCUT2D eigenvalue weighted by Gasteiger charge is 2.12. The van der Waals surface area contributed by atoms with Crippen LogP contribution in [0, 0.1) is 0 Å². The molecule has 0 spiro atoms. The fourth-order valence-corrected chi connectivity index (χ4v) is 0.962. The van der Waals surface area contributed by atoms with E-state index >= 15 is 0 Å². The van der Waals surface area contributed by atoms with E-state index in [9.17, 15) is 0 Å². The van der Waals surface area contributed by atoms with Gasteiger partial charge < -0.3 is 0 Å². The van der Waals surface area contributed by atoms with Crippen LogP contribution in [0.2, 0.25) is 0 Å². The van der Waals surface area contributed by atoms with Crippen molar-refractivity contribution in [2.45, 2.75) is 0 Å². The Bertz CT molecular complexity index is 116. The summed E-state index contributed by atoms with van der Waals surface area (Å²) in [7, 11) is 3.69. The normalized spacial score (nSPS) is 18.6. The van der Waals surface area contributed by atoms with Crippen LogP contribution in [0.4, 0.5) is 0 Å². The maximum Gasteiger partial charge on any atom is 0.112 e. The second-order valence-electron chi connectivity index (χ2n) is 1.58. The zero-order valence-corrected chi connectivity index (χ0v) is 7.99. The smallest absolute Gasteiger partial charge is 0.112 e. The molecule has 0 aromatic carbocycles. The third-order valence-electron chi connectivity index (χ3n) is 0.745. The highest BCUT2D eigenvalue weighted by Crippen LogP contribution is 2.53. The molecule has 8 heavy (non-hydrogen) atoms. The topological polar surface area (TPSA) is 3.24 Å². The minimum absolute atomic E-state index is 0.372. The Morgan fingerprint density at radius 3 is 2.00 bits per heavy atom. The van der Waals surface area contributed by atoms with Gasteiger partial charge in [0.1, 0.15) is 5.54 Å². The van der Waals surface area contributed by atoms with Gasteiger partial charge in [0.05, 0.1) is 5.62 Å². The van der Waals surface area contributed by atoms with Crippen LogP contribution < -0.4 is 0 Å². The van der Waals surface area contributed by atoms with E-state index < -0.39 is 5.54 Å². The number of hydrogen-bond donors (Lipinski definition) is 0. The first-order valence-corrected chi connectivity index (χ1v) is 6.41. The van der Waals surface area contributed by atoms with Gasteiger partial charge in [0.25, 0.3) is 0 Å². The van der Waals surface area contributed by atoms with E-state index in [1.807, 2.05) is 14.1 Å². The van der Waals surface area contributed by atoms with Crippen molar-refractivity contribution in [3.05, 3.63) is 0 Å². The highest BCUT2D eigenvalue weighted by molar-refractivity contribution is 8.26. The molecule has 1 atom stereocenters. The monoisotopic (exact) mass is 191 g/mol. The number of alkyl halides is 1. The molecule has 0 aliphatic carbocycles. The molecule has 0 N–H and O–H groups in total. The first kappa shape index (κ1) is 9.19. The zero-order valence-electron chi connectivity index (χ0n) is 4.77. The molecule has 50 valence electrons. The summed E-state index contributed by atoms with van der Waals surface area (Å²) in [5.74, 6) is 0. The second-order valence-corrected chi connectivity index (χ2v) is 8.66. The molecule has 5 heteroatoms. The second kappa shape index (κ2) is 3.38. The molecule has 0 aromatic heterocycles. The molecule has 1 unspecified atom stereocenters. The van der Waals surface area contributed by atoms with Gasteiger partial charge in [-0.15, -0.1) is 11.6 Å². The van der Waals surface area contributed by atoms with Gasteiger partial charge in [0, 0.05) is 0 Å². The first-order chi connectivity index (χ1) is 3.50. The van der Waals surface area contributed by atoms with Gasteiger partial charge in [-0.1, -0.05) is 23.0 Å². The van der Waals surface area contributed by atoms with Crippen molar-refractivity contribution < 1.29 is 0 Å². The van der Waals surface area contributed by atoms with E-state index in [0.29, 0.717) is 5.62 Å². The minimum atomic E-state index is -1.84. The summed E-state index contributed by atoms with van der Waals surface area (Å²) in [5.41, 5.74) is -1.47. The van der Waals surface area contributed by atoms with E-state index in [1.165, 1.54) is 0 Å². The number of hydrogen-bond acceptors (Lipinski definition) is 1. The van der Waals surface area contributed by atoms with Gasteiger partial charge in [0.15, 0.2) is 0 Å². The van der Waals surface area contributed by atoms with Crippen molar-refractivity contribution in [3.63, 3.8) is 0 Å². The molecule has 0 saturated heterocycles. The molecule has 0 saturated carbocycles. The molecule has 0 aliphatic rings. The van der Waals surface area contributed by atoms with Gasteiger partial charge in [-0.05, 0) is 14.1 Å². The Morgan fingerprint density at radius 1 is 1.62 bits per heavy atom. The SMILES string of the molecule is CN(C)P(=S)(Cl)CCl. The van der Waals surface area contributed by atoms with Crippen molar-refractivity contribution in [2.24, 2.45) is 0 Å². The maximum atomic E-state index is 5.78. The molecule has 0 heterocycles. The van der Waals surface area contributed by atoms with Gasteiger partial charge >= 0.3 is 0 Å². The Hall–Kier alpha value is 1.19. The van der Waals surface area contributed by atoms with Crippen molar-refractivity contribution in [1.29, 1.82) is 0 Å². The summed E-state index contributed by atoms with van der Waals surface area (Å²) in [6.45, 7) is 0. The Morgan fingerprint density at radius 2 is 2.00 bits per heavy atom. The largest absolute Gasteiger partial charge is 0.269 e. The van der Waals surface area contributed by atoms with Gasteiger partial charge in [-0.25, -0.2) is 0 Å². The highest BCUT2D eigenvalue weighted by atomic mass is 35.7. The van der Waals surface area contributed by atoms with Gasteiger partial charge in [0.2, 0.25) is 0 Å². The molecule has 0 aliphatic heterocycles. The molecule has 0 radical (unpaired) electrons. The van der Waals surface area contributed by atoms with Crippen molar-refractivity contribution in [1.82, 2.24) is 4.67 Å². The average Bonchev–Trinajstić information content (AvgIpc) is 1.67. The molecule has 0 rings (SSSR count). The maximum absolute atomic E-state index is 5.78. The van der Waals surface area contributed by atoms with E-state index in [4.69, 9.17) is 34.6 Å². The fourth-order valence-electron chi connectivity index (χ4n) is 0.107. The van der Waals surface area contributed by atoms with Gasteiger partial charge in [-0.3, -0.25) is 4.67 Å². The predicted octanol–water partition coefficient (Wildman–Crippen LogP) is 2.29. The molecule has 0 amide bonds. The van der Waals surface area contributed by atoms with E-state index in [0.717, 1.165) is 0 Å². The first-order valence-electron chi connectivity index (χ1n) is 2.03. The van der Waals surface area contributed by atoms with Crippen LogP contribution in [0.25, 0.3) is 0 Å². The van der Waals surface area contributed by atoms with Crippen LogP contribution in [-0.2, 0) is 11.8 Å². The fraction of sp³-hybridized carbons (Fsp3) is 1.00. The van der Waals surface area contributed by atoms with Crippen LogP contribution >= 0.6 is 28.4 Å². The van der Waals surface area contributed by atoms with Crippen LogP contribution in [0.5, 0.6) is 0 Å². The van der Waals surface area contributed by atoms with Crippen LogP contribution in [0.1, 0.15) is 0 Å². The standard InChI is InChI=1S/C3H8Cl2NPS/c1-6(2)7(5,8)3-4/h3H2,1-2H3. The lowest BCUT2D eigenvalue weighted by molar-refractivity contribution is 0.687. The average molecular weight is 192 g/mol. The van der Waals surface area contributed by atoms with Crippen molar-refractivity contribution in [3.8, 4) is 0 Å². The summed E-state index contributed by atoms with van der Waals surface area (Å²) in [6.07, 6.45) is 0. The third kappa shape index (κ3) is 2.65. The number of rotatable bonds is 2. The summed E-state index contributed by atoms with van der Waals surface area (Å²) in [5, 5.41) is 0.